The minimum atomic E-state index is -4.77. The number of carboxylic acid groups (broad SMARTS) is 1. The summed E-state index contributed by atoms with van der Waals surface area (Å²) < 4.78 is 44.2. The summed E-state index contributed by atoms with van der Waals surface area (Å²) in [6, 6.07) is 12.6. The van der Waals surface area contributed by atoms with E-state index in [0.717, 1.165) is 10.8 Å². The number of nitrogens with one attached hydrogen (secondary N) is 1. The third-order valence-electron chi connectivity index (χ3n) is 7.28. The molecule has 2 heterocycles. The first kappa shape index (κ1) is 26.2. The molecule has 198 valence electrons. The number of amides is 1. The summed E-state index contributed by atoms with van der Waals surface area (Å²) in [6.07, 6.45) is 0.801. The van der Waals surface area contributed by atoms with Crippen LogP contribution in [0.5, 0.6) is 0 Å². The molecular weight excluding hydrogens is 563 g/mol. The number of halogens is 4. The lowest BCUT2D eigenvalue weighted by atomic mass is 9.82. The zero-order valence-electron chi connectivity index (χ0n) is 20.3. The van der Waals surface area contributed by atoms with Crippen molar-refractivity contribution in [3.8, 4) is 0 Å². The minimum Gasteiger partial charge on any atom is -0.481 e. The maximum Gasteiger partial charge on any atom is 0.418 e. The first-order valence-corrected chi connectivity index (χ1v) is 13.1. The Morgan fingerprint density at radius 3 is 2.45 bits per heavy atom. The number of carbonyl (C=O) groups excluding carboxylic acids is 1. The number of aromatic nitrogens is 2. The van der Waals surface area contributed by atoms with E-state index < -0.39 is 35.1 Å². The summed E-state index contributed by atoms with van der Waals surface area (Å²) in [5.74, 6) is -2.04. The van der Waals surface area contributed by atoms with Gasteiger partial charge in [-0.1, -0.05) is 40.2 Å². The normalized spacial score (nSPS) is 18.1. The number of hydrogen-bond donors (Lipinski definition) is 2. The van der Waals surface area contributed by atoms with Crippen LogP contribution in [0.3, 0.4) is 0 Å². The molecule has 0 unspecified atom stereocenters. The van der Waals surface area contributed by atoms with E-state index in [1.165, 1.54) is 6.07 Å². The van der Waals surface area contributed by atoms with Gasteiger partial charge in [-0.15, -0.1) is 0 Å². The number of hydrogen-bond acceptors (Lipinski definition) is 3. The van der Waals surface area contributed by atoms with Gasteiger partial charge in [0.25, 0.3) is 5.91 Å². The van der Waals surface area contributed by atoms with Crippen LogP contribution in [0, 0.1) is 11.8 Å². The lowest BCUT2D eigenvalue weighted by molar-refractivity contribution is -0.143. The summed E-state index contributed by atoms with van der Waals surface area (Å²) in [5.41, 5.74) is -0.628. The Hall–Kier alpha value is -3.40. The van der Waals surface area contributed by atoms with E-state index >= 15 is 0 Å². The van der Waals surface area contributed by atoms with Crippen LogP contribution in [0.2, 0.25) is 0 Å². The smallest absolute Gasteiger partial charge is 0.418 e. The molecule has 1 amide bonds. The van der Waals surface area contributed by atoms with Crippen molar-refractivity contribution in [3.05, 3.63) is 76.2 Å². The molecule has 2 N–H and O–H groups in total. The monoisotopic (exact) mass is 587 g/mol. The van der Waals surface area contributed by atoms with Crippen molar-refractivity contribution in [1.29, 1.82) is 0 Å². The van der Waals surface area contributed by atoms with Crippen molar-refractivity contribution in [3.63, 3.8) is 0 Å². The van der Waals surface area contributed by atoms with Gasteiger partial charge in [-0.25, -0.2) is 0 Å². The predicted octanol–water partition coefficient (Wildman–Crippen LogP) is 6.64. The highest BCUT2D eigenvalue weighted by Crippen LogP contribution is 2.41. The molecule has 0 aliphatic heterocycles. The van der Waals surface area contributed by atoms with E-state index in [1.807, 2.05) is 30.3 Å². The molecule has 2 aromatic heterocycles. The third-order valence-corrected chi connectivity index (χ3v) is 7.91. The Labute approximate surface area is 225 Å². The molecule has 0 spiro atoms. The van der Waals surface area contributed by atoms with Crippen LogP contribution >= 0.6 is 15.9 Å². The second kappa shape index (κ2) is 10.4. The number of carbonyl (C=O) groups is 2. The number of nitrogens with zero attached hydrogens (tertiary/aromatic N) is 2. The van der Waals surface area contributed by atoms with Gasteiger partial charge in [0.05, 0.1) is 34.8 Å². The lowest BCUT2D eigenvalue weighted by Crippen LogP contribution is -2.34. The molecular formula is C28H25BrF3N3O3. The van der Waals surface area contributed by atoms with E-state index in [9.17, 15) is 27.9 Å². The fraction of sp³-hybridized carbons (Fsp3) is 0.321. The Morgan fingerprint density at radius 1 is 1.05 bits per heavy atom. The van der Waals surface area contributed by atoms with Gasteiger partial charge in [-0.3, -0.25) is 14.6 Å². The number of fused-ring (bicyclic) bond motifs is 2. The van der Waals surface area contributed by atoms with Crippen molar-refractivity contribution >= 4 is 49.5 Å². The van der Waals surface area contributed by atoms with Gasteiger partial charge in [-0.2, -0.15) is 13.2 Å². The maximum atomic E-state index is 14.3. The van der Waals surface area contributed by atoms with Crippen molar-refractivity contribution < 1.29 is 27.9 Å². The van der Waals surface area contributed by atoms with Crippen molar-refractivity contribution in [2.75, 3.05) is 6.54 Å². The molecule has 38 heavy (non-hydrogen) atoms. The van der Waals surface area contributed by atoms with Crippen molar-refractivity contribution in [1.82, 2.24) is 14.9 Å². The number of benzene rings is 2. The molecule has 4 aromatic rings. The van der Waals surface area contributed by atoms with Crippen LogP contribution in [-0.4, -0.2) is 33.1 Å². The summed E-state index contributed by atoms with van der Waals surface area (Å²) in [6.45, 7) is 0.371. The van der Waals surface area contributed by atoms with Gasteiger partial charge >= 0.3 is 12.1 Å². The van der Waals surface area contributed by atoms with Gasteiger partial charge in [-0.05, 0) is 55.2 Å². The number of aliphatic carboxylic acids is 1. The fourth-order valence-electron chi connectivity index (χ4n) is 5.30. The molecule has 2 aromatic carbocycles. The van der Waals surface area contributed by atoms with Crippen LogP contribution in [0.1, 0.15) is 47.3 Å². The Balaban J connectivity index is 1.49. The van der Waals surface area contributed by atoms with E-state index in [2.05, 4.69) is 26.2 Å². The molecule has 1 aliphatic carbocycles. The molecule has 0 saturated heterocycles. The number of alkyl halides is 3. The largest absolute Gasteiger partial charge is 0.481 e. The highest BCUT2D eigenvalue weighted by Gasteiger charge is 2.40. The van der Waals surface area contributed by atoms with Gasteiger partial charge in [0, 0.05) is 34.2 Å². The van der Waals surface area contributed by atoms with E-state index in [0.29, 0.717) is 36.8 Å². The number of pyridine rings is 1. The summed E-state index contributed by atoms with van der Waals surface area (Å²) in [4.78, 5) is 29.1. The molecule has 0 atom stereocenters. The van der Waals surface area contributed by atoms with E-state index in [-0.39, 0.29) is 29.0 Å². The second-order valence-corrected chi connectivity index (χ2v) is 10.6. The van der Waals surface area contributed by atoms with Crippen molar-refractivity contribution in [2.45, 2.75) is 38.4 Å². The fourth-order valence-corrected chi connectivity index (χ4v) is 5.97. The van der Waals surface area contributed by atoms with E-state index in [4.69, 9.17) is 0 Å². The third kappa shape index (κ3) is 5.27. The topological polar surface area (TPSA) is 84.2 Å². The van der Waals surface area contributed by atoms with Crippen LogP contribution in [0.4, 0.5) is 13.2 Å². The number of rotatable bonds is 6. The van der Waals surface area contributed by atoms with Gasteiger partial charge in [0.15, 0.2) is 0 Å². The molecule has 0 radical (unpaired) electrons. The molecule has 6 nitrogen and oxygen atoms in total. The SMILES string of the molecule is O=C(NC[C@H]1CC[C@H](C(=O)O)CC1)c1c(C(F)(F)F)c(Br)cc2ccn(Cc3cc4ccccc4cn3)c12. The first-order valence-electron chi connectivity index (χ1n) is 12.3. The standard InChI is InChI=1S/C28H25BrF3N3O3/c29-22-12-19-9-10-35(15-21-11-18-3-1-2-4-20(18)14-33-21)25(19)23(24(22)28(30,31)32)26(36)34-13-16-5-7-17(8-6-16)27(37)38/h1-4,9-12,14,16-17H,5-8,13,15H2,(H,34,36)(H,37,38)/t16-,17-. The quantitative estimate of drug-likeness (QED) is 0.265. The zero-order chi connectivity index (χ0) is 27.0. The molecule has 1 aliphatic rings. The molecule has 1 fully saturated rings. The summed E-state index contributed by atoms with van der Waals surface area (Å²) in [7, 11) is 0. The Morgan fingerprint density at radius 2 is 1.76 bits per heavy atom. The highest BCUT2D eigenvalue weighted by atomic mass is 79.9. The zero-order valence-corrected chi connectivity index (χ0v) is 21.8. The highest BCUT2D eigenvalue weighted by molar-refractivity contribution is 9.10. The van der Waals surface area contributed by atoms with Crippen LogP contribution in [-0.2, 0) is 17.5 Å². The maximum absolute atomic E-state index is 14.3. The molecule has 0 bridgehead atoms. The second-order valence-electron chi connectivity index (χ2n) is 9.78. The molecule has 10 heteroatoms. The average molecular weight is 588 g/mol. The predicted molar refractivity (Wildman–Crippen MR) is 141 cm³/mol. The molecule has 5 rings (SSSR count). The minimum absolute atomic E-state index is 0.0140. The van der Waals surface area contributed by atoms with Crippen LogP contribution < -0.4 is 5.32 Å². The number of carboxylic acids is 1. The van der Waals surface area contributed by atoms with Gasteiger partial charge in [0.2, 0.25) is 0 Å². The Kier molecular flexibility index (Phi) is 7.17. The lowest BCUT2D eigenvalue weighted by Gasteiger charge is -2.26. The van der Waals surface area contributed by atoms with Gasteiger partial charge < -0.3 is 15.0 Å². The van der Waals surface area contributed by atoms with Crippen molar-refractivity contribution in [2.24, 2.45) is 11.8 Å². The van der Waals surface area contributed by atoms with Crippen LogP contribution in [0.15, 0.2) is 59.3 Å². The summed E-state index contributed by atoms with van der Waals surface area (Å²) in [5, 5.41) is 14.3. The molecule has 1 saturated carbocycles. The average Bonchev–Trinajstić information content (AvgIpc) is 3.27. The Bertz CT molecular complexity index is 1520. The van der Waals surface area contributed by atoms with Gasteiger partial charge in [0.1, 0.15) is 0 Å². The summed E-state index contributed by atoms with van der Waals surface area (Å²) >= 11 is 3.05. The van der Waals surface area contributed by atoms with E-state index in [1.54, 1.807) is 23.0 Å². The van der Waals surface area contributed by atoms with Crippen LogP contribution in [0.25, 0.3) is 21.7 Å². The first-order chi connectivity index (χ1) is 18.1.